The molecule has 0 aliphatic carbocycles. The highest BCUT2D eigenvalue weighted by molar-refractivity contribution is 5.85. The Morgan fingerprint density at radius 2 is 1.95 bits per heavy atom. The molecular weight excluding hydrogens is 330 g/mol. The second-order valence-electron chi connectivity index (χ2n) is 4.13. The number of halogens is 5. The number of esters is 1. The normalized spacial score (nSPS) is 13.8. The summed E-state index contributed by atoms with van der Waals surface area (Å²) in [4.78, 5) is 11.3. The third kappa shape index (κ3) is 4.74. The molecule has 1 aromatic carbocycles. The summed E-state index contributed by atoms with van der Waals surface area (Å²) in [6, 6.07) is 1.11. The van der Waals surface area contributed by atoms with Crippen LogP contribution in [0, 0.1) is 0 Å². The van der Waals surface area contributed by atoms with E-state index in [9.17, 15) is 22.4 Å². The van der Waals surface area contributed by atoms with Crippen molar-refractivity contribution in [1.29, 1.82) is 0 Å². The monoisotopic (exact) mass is 345 g/mol. The molecule has 0 aliphatic heterocycles. The average Bonchev–Trinajstić information content (AvgIpc) is 2.44. The highest BCUT2D eigenvalue weighted by atomic mass is 35.5. The predicted octanol–water partition coefficient (Wildman–Crippen LogP) is 3.04. The largest absolute Gasteiger partial charge is 0.497 e. The summed E-state index contributed by atoms with van der Waals surface area (Å²) in [5.74, 6) is -1.35. The molecule has 9 heteroatoms. The molecule has 0 saturated heterocycles. The summed E-state index contributed by atoms with van der Waals surface area (Å²) in [6.45, 7) is 1.35. The zero-order chi connectivity index (χ0) is 16.2. The van der Waals surface area contributed by atoms with Gasteiger partial charge in [-0.05, 0) is 24.6 Å². The van der Waals surface area contributed by atoms with Crippen LogP contribution in [0.5, 0.6) is 5.75 Å². The van der Waals surface area contributed by atoms with Crippen LogP contribution in [0.15, 0.2) is 18.2 Å². The van der Waals surface area contributed by atoms with Crippen LogP contribution in [-0.2, 0) is 15.7 Å². The van der Waals surface area contributed by atoms with Crippen LogP contribution in [0.2, 0.25) is 0 Å². The highest BCUT2D eigenvalue weighted by Crippen LogP contribution is 2.37. The topological polar surface area (TPSA) is 61.5 Å². The number of methoxy groups -OCH3 is 1. The summed E-state index contributed by atoms with van der Waals surface area (Å²) in [5.41, 5.74) is 3.75. The molecule has 0 spiro atoms. The molecule has 0 aromatic heterocycles. The minimum absolute atomic E-state index is 0. The van der Waals surface area contributed by atoms with E-state index in [-0.39, 0.29) is 24.8 Å². The SMILES string of the molecule is CCOC(=O)C(F)[C@@H](N)c1ccc(OC)cc1C(F)(F)F.Cl. The highest BCUT2D eigenvalue weighted by Gasteiger charge is 2.38. The van der Waals surface area contributed by atoms with Gasteiger partial charge in [-0.2, -0.15) is 13.2 Å². The molecule has 0 fully saturated rings. The molecule has 126 valence electrons. The number of rotatable bonds is 5. The maximum Gasteiger partial charge on any atom is 0.416 e. The molecule has 22 heavy (non-hydrogen) atoms. The Kier molecular flexibility index (Phi) is 7.61. The number of nitrogens with two attached hydrogens (primary N) is 1. The molecule has 2 atom stereocenters. The van der Waals surface area contributed by atoms with Crippen molar-refractivity contribution in [3.8, 4) is 5.75 Å². The molecule has 0 bridgehead atoms. The van der Waals surface area contributed by atoms with Crippen molar-refractivity contribution >= 4 is 18.4 Å². The van der Waals surface area contributed by atoms with Gasteiger partial charge in [0.1, 0.15) is 5.75 Å². The lowest BCUT2D eigenvalue weighted by atomic mass is 9.97. The van der Waals surface area contributed by atoms with Crippen molar-refractivity contribution in [3.63, 3.8) is 0 Å². The quantitative estimate of drug-likeness (QED) is 0.658. The number of hydrogen-bond acceptors (Lipinski definition) is 4. The maximum absolute atomic E-state index is 13.8. The minimum atomic E-state index is -4.75. The third-order valence-corrected chi connectivity index (χ3v) is 2.75. The number of carbonyl (C=O) groups is 1. The van der Waals surface area contributed by atoms with Gasteiger partial charge in [-0.1, -0.05) is 6.07 Å². The van der Waals surface area contributed by atoms with E-state index in [1.54, 1.807) is 0 Å². The average molecular weight is 346 g/mol. The molecule has 0 radical (unpaired) electrons. The predicted molar refractivity (Wildman–Crippen MR) is 73.7 cm³/mol. The van der Waals surface area contributed by atoms with Crippen LogP contribution in [0.25, 0.3) is 0 Å². The fourth-order valence-electron chi connectivity index (χ4n) is 1.72. The van der Waals surface area contributed by atoms with Crippen LogP contribution in [0.3, 0.4) is 0 Å². The Morgan fingerprint density at radius 3 is 2.41 bits per heavy atom. The minimum Gasteiger partial charge on any atom is -0.497 e. The van der Waals surface area contributed by atoms with Crippen molar-refractivity contribution in [1.82, 2.24) is 0 Å². The molecule has 2 N–H and O–H groups in total. The van der Waals surface area contributed by atoms with Crippen LogP contribution < -0.4 is 10.5 Å². The smallest absolute Gasteiger partial charge is 0.416 e. The first kappa shape index (κ1) is 20.5. The molecule has 0 aliphatic rings. The zero-order valence-corrected chi connectivity index (χ0v) is 12.6. The molecule has 1 aromatic rings. The van der Waals surface area contributed by atoms with Crippen molar-refractivity contribution < 1.29 is 31.8 Å². The van der Waals surface area contributed by atoms with Crippen LogP contribution in [0.4, 0.5) is 17.6 Å². The summed E-state index contributed by atoms with van der Waals surface area (Å²) < 4.78 is 61.9. The van der Waals surface area contributed by atoms with Crippen molar-refractivity contribution in [2.24, 2.45) is 5.73 Å². The van der Waals surface area contributed by atoms with Crippen LogP contribution in [-0.4, -0.2) is 25.9 Å². The molecule has 0 saturated carbocycles. The lowest BCUT2D eigenvalue weighted by Crippen LogP contribution is -2.33. The van der Waals surface area contributed by atoms with Crippen molar-refractivity contribution in [3.05, 3.63) is 29.3 Å². The first-order chi connectivity index (χ1) is 9.72. The van der Waals surface area contributed by atoms with Gasteiger partial charge in [0.25, 0.3) is 0 Å². The van der Waals surface area contributed by atoms with Gasteiger partial charge in [0.2, 0.25) is 6.17 Å². The molecule has 0 amide bonds. The number of hydrogen-bond donors (Lipinski definition) is 1. The van der Waals surface area contributed by atoms with E-state index in [0.29, 0.717) is 6.07 Å². The first-order valence-electron chi connectivity index (χ1n) is 6.03. The first-order valence-corrected chi connectivity index (χ1v) is 6.03. The second-order valence-corrected chi connectivity index (χ2v) is 4.13. The Bertz CT molecular complexity index is 511. The molecule has 1 unspecified atom stereocenters. The Morgan fingerprint density at radius 1 is 1.36 bits per heavy atom. The maximum atomic E-state index is 13.8. The number of alkyl halides is 4. The number of ether oxygens (including phenoxy) is 2. The number of benzene rings is 1. The summed E-state index contributed by atoms with van der Waals surface area (Å²) in [5, 5.41) is 0. The fourth-order valence-corrected chi connectivity index (χ4v) is 1.72. The Hall–Kier alpha value is -1.54. The van der Waals surface area contributed by atoms with Gasteiger partial charge in [-0.25, -0.2) is 9.18 Å². The second kappa shape index (κ2) is 8.19. The number of carbonyl (C=O) groups excluding carboxylic acids is 1. The molecule has 4 nitrogen and oxygen atoms in total. The van der Waals surface area contributed by atoms with E-state index in [1.165, 1.54) is 20.1 Å². The van der Waals surface area contributed by atoms with Gasteiger partial charge in [-0.15, -0.1) is 12.4 Å². The molecule has 1 rings (SSSR count). The zero-order valence-electron chi connectivity index (χ0n) is 11.8. The fraction of sp³-hybridized carbons (Fsp3) is 0.462. The summed E-state index contributed by atoms with van der Waals surface area (Å²) in [7, 11) is 1.20. The lowest BCUT2D eigenvalue weighted by Gasteiger charge is -2.21. The van der Waals surface area contributed by atoms with E-state index >= 15 is 0 Å². The van der Waals surface area contributed by atoms with Gasteiger partial charge in [0.15, 0.2) is 0 Å². The van der Waals surface area contributed by atoms with Crippen LogP contribution >= 0.6 is 12.4 Å². The van der Waals surface area contributed by atoms with Gasteiger partial charge in [0.05, 0.1) is 25.3 Å². The van der Waals surface area contributed by atoms with Crippen LogP contribution in [0.1, 0.15) is 24.1 Å². The Balaban J connectivity index is 0.00000441. The lowest BCUT2D eigenvalue weighted by molar-refractivity contribution is -0.150. The van der Waals surface area contributed by atoms with Crippen molar-refractivity contribution in [2.45, 2.75) is 25.3 Å². The van der Waals surface area contributed by atoms with E-state index in [2.05, 4.69) is 4.74 Å². The Labute approximate surface area is 131 Å². The molecule has 0 heterocycles. The summed E-state index contributed by atoms with van der Waals surface area (Å²) in [6.07, 6.45) is -7.14. The van der Waals surface area contributed by atoms with E-state index in [4.69, 9.17) is 10.5 Å². The third-order valence-electron chi connectivity index (χ3n) is 2.75. The molecular formula is C13H16ClF4NO3. The van der Waals surface area contributed by atoms with Gasteiger partial charge in [-0.3, -0.25) is 0 Å². The van der Waals surface area contributed by atoms with E-state index < -0.39 is 35.5 Å². The van der Waals surface area contributed by atoms with Gasteiger partial charge < -0.3 is 15.2 Å². The van der Waals surface area contributed by atoms with E-state index in [0.717, 1.165) is 6.07 Å². The van der Waals surface area contributed by atoms with E-state index in [1.807, 2.05) is 0 Å². The van der Waals surface area contributed by atoms with Crippen molar-refractivity contribution in [2.75, 3.05) is 13.7 Å². The van der Waals surface area contributed by atoms with Gasteiger partial charge in [0, 0.05) is 0 Å². The summed E-state index contributed by atoms with van der Waals surface area (Å²) >= 11 is 0. The standard InChI is InChI=1S/C13H15F4NO3.ClH/c1-3-21-12(19)10(14)11(18)8-5-4-7(20-2)6-9(8)13(15,16)17;/h4-6,10-11H,3,18H2,1-2H3;1H/t10?,11-;/m0./s1. The van der Waals surface area contributed by atoms with Gasteiger partial charge >= 0.3 is 12.1 Å².